The highest BCUT2D eigenvalue weighted by Crippen LogP contribution is 2.16. The molecule has 1 amide bonds. The van der Waals surface area contributed by atoms with Crippen LogP contribution in [0.4, 0.5) is 0 Å². The van der Waals surface area contributed by atoms with Crippen LogP contribution in [0.5, 0.6) is 0 Å². The second-order valence-electron chi connectivity index (χ2n) is 5.05. The molecule has 1 rings (SSSR count). The van der Waals surface area contributed by atoms with Crippen molar-refractivity contribution < 1.29 is 14.7 Å². The first kappa shape index (κ1) is 16.4. The van der Waals surface area contributed by atoms with Gasteiger partial charge in [0.15, 0.2) is 0 Å². The van der Waals surface area contributed by atoms with Crippen LogP contribution in [-0.4, -0.2) is 23.5 Å². The minimum atomic E-state index is -0.991. The van der Waals surface area contributed by atoms with Crippen LogP contribution in [0.2, 0.25) is 0 Å². The zero-order valence-corrected chi connectivity index (χ0v) is 12.7. The maximum Gasteiger partial charge on any atom is 0.328 e. The molecule has 0 aliphatic heterocycles. The van der Waals surface area contributed by atoms with E-state index in [0.29, 0.717) is 18.0 Å². The maximum absolute atomic E-state index is 11.8. The molecule has 0 unspecified atom stereocenters. The fraction of sp³-hybridized carbons (Fsp3) is 0.467. The Bertz CT molecular complexity index is 477. The van der Waals surface area contributed by atoms with Crippen molar-refractivity contribution in [1.82, 2.24) is 5.32 Å². The lowest BCUT2D eigenvalue weighted by atomic mass is 10.1. The molecule has 2 N–H and O–H groups in total. The SMILES string of the molecule is CC(C)CCCCNC(=O)c1csc(/C=C/C(=O)O)c1. The van der Waals surface area contributed by atoms with Gasteiger partial charge in [-0.05, 0) is 24.5 Å². The Labute approximate surface area is 123 Å². The summed E-state index contributed by atoms with van der Waals surface area (Å²) in [5, 5.41) is 13.2. The molecule has 1 heterocycles. The quantitative estimate of drug-likeness (QED) is 0.570. The first-order valence-electron chi connectivity index (χ1n) is 6.76. The molecule has 0 bridgehead atoms. The third-order valence-corrected chi connectivity index (χ3v) is 3.66. The van der Waals surface area contributed by atoms with Gasteiger partial charge in [0.25, 0.3) is 5.91 Å². The predicted molar refractivity (Wildman–Crippen MR) is 82.0 cm³/mol. The summed E-state index contributed by atoms with van der Waals surface area (Å²) >= 11 is 1.36. The Morgan fingerprint density at radius 3 is 2.80 bits per heavy atom. The fourth-order valence-corrected chi connectivity index (χ4v) is 2.47. The van der Waals surface area contributed by atoms with Crippen LogP contribution in [0.3, 0.4) is 0 Å². The highest BCUT2D eigenvalue weighted by molar-refractivity contribution is 7.11. The number of carboxylic acids is 1. The standard InChI is InChI=1S/C15H21NO3S/c1-11(2)5-3-4-8-16-15(19)12-9-13(20-10-12)6-7-14(17)18/h6-7,9-11H,3-5,8H2,1-2H3,(H,16,19)(H,17,18)/b7-6+. The molecular weight excluding hydrogens is 274 g/mol. The number of nitrogens with one attached hydrogen (secondary N) is 1. The third-order valence-electron chi connectivity index (χ3n) is 2.77. The molecule has 0 aromatic carbocycles. The van der Waals surface area contributed by atoms with Crippen molar-refractivity contribution >= 4 is 29.3 Å². The molecule has 0 fully saturated rings. The largest absolute Gasteiger partial charge is 0.478 e. The van der Waals surface area contributed by atoms with Crippen LogP contribution in [0, 0.1) is 5.92 Å². The number of unbranched alkanes of at least 4 members (excludes halogenated alkanes) is 1. The lowest BCUT2D eigenvalue weighted by Gasteiger charge is -2.05. The van der Waals surface area contributed by atoms with Crippen molar-refractivity contribution in [2.24, 2.45) is 5.92 Å². The van der Waals surface area contributed by atoms with Gasteiger partial charge in [-0.15, -0.1) is 11.3 Å². The predicted octanol–water partition coefficient (Wildman–Crippen LogP) is 3.40. The van der Waals surface area contributed by atoms with Crippen LogP contribution in [0.25, 0.3) is 6.08 Å². The molecule has 110 valence electrons. The van der Waals surface area contributed by atoms with Gasteiger partial charge in [-0.25, -0.2) is 4.79 Å². The first-order valence-corrected chi connectivity index (χ1v) is 7.64. The van der Waals surface area contributed by atoms with Crippen molar-refractivity contribution in [3.05, 3.63) is 28.0 Å². The van der Waals surface area contributed by atoms with Gasteiger partial charge < -0.3 is 10.4 Å². The van der Waals surface area contributed by atoms with E-state index in [1.54, 1.807) is 11.4 Å². The van der Waals surface area contributed by atoms with Crippen molar-refractivity contribution in [2.75, 3.05) is 6.54 Å². The summed E-state index contributed by atoms with van der Waals surface area (Å²) in [4.78, 5) is 23.0. The molecule has 20 heavy (non-hydrogen) atoms. The fourth-order valence-electron chi connectivity index (χ4n) is 1.69. The van der Waals surface area contributed by atoms with Gasteiger partial charge in [0.1, 0.15) is 0 Å². The van der Waals surface area contributed by atoms with E-state index in [1.165, 1.54) is 23.8 Å². The highest BCUT2D eigenvalue weighted by atomic mass is 32.1. The zero-order valence-electron chi connectivity index (χ0n) is 11.9. The van der Waals surface area contributed by atoms with E-state index in [1.807, 2.05) is 0 Å². The normalized spacial score (nSPS) is 11.2. The number of aliphatic carboxylic acids is 1. The van der Waals surface area contributed by atoms with Crippen LogP contribution in [0.15, 0.2) is 17.5 Å². The average Bonchev–Trinajstić information content (AvgIpc) is 2.84. The smallest absolute Gasteiger partial charge is 0.328 e. The molecule has 1 aromatic rings. The Morgan fingerprint density at radius 1 is 1.40 bits per heavy atom. The van der Waals surface area contributed by atoms with E-state index in [4.69, 9.17) is 5.11 Å². The topological polar surface area (TPSA) is 66.4 Å². The summed E-state index contributed by atoms with van der Waals surface area (Å²) in [5.41, 5.74) is 0.587. The minimum absolute atomic E-state index is 0.0965. The molecule has 1 aromatic heterocycles. The lowest BCUT2D eigenvalue weighted by molar-refractivity contribution is -0.131. The first-order chi connectivity index (χ1) is 9.49. The van der Waals surface area contributed by atoms with Crippen LogP contribution in [0.1, 0.15) is 48.3 Å². The molecule has 5 heteroatoms. The summed E-state index contributed by atoms with van der Waals surface area (Å²) in [6.45, 7) is 5.06. The van der Waals surface area contributed by atoms with E-state index >= 15 is 0 Å². The highest BCUT2D eigenvalue weighted by Gasteiger charge is 2.07. The second-order valence-corrected chi connectivity index (χ2v) is 6.00. The molecular formula is C15H21NO3S. The number of carboxylic acid groups (broad SMARTS) is 1. The molecule has 0 radical (unpaired) electrons. The number of amides is 1. The van der Waals surface area contributed by atoms with Gasteiger partial charge >= 0.3 is 5.97 Å². The molecule has 0 aliphatic rings. The zero-order chi connectivity index (χ0) is 15.0. The van der Waals surface area contributed by atoms with E-state index < -0.39 is 5.97 Å². The molecule has 0 saturated carbocycles. The van der Waals surface area contributed by atoms with E-state index in [2.05, 4.69) is 19.2 Å². The van der Waals surface area contributed by atoms with Crippen LogP contribution >= 0.6 is 11.3 Å². The van der Waals surface area contributed by atoms with E-state index in [-0.39, 0.29) is 5.91 Å². The van der Waals surface area contributed by atoms with Crippen molar-refractivity contribution in [1.29, 1.82) is 0 Å². The number of carbonyl (C=O) groups excluding carboxylic acids is 1. The molecule has 0 spiro atoms. The van der Waals surface area contributed by atoms with Crippen molar-refractivity contribution in [2.45, 2.75) is 33.1 Å². The third kappa shape index (κ3) is 6.52. The second kappa shape index (κ2) is 8.53. The Morgan fingerprint density at radius 2 is 2.15 bits per heavy atom. The van der Waals surface area contributed by atoms with E-state index in [9.17, 15) is 9.59 Å². The Balaban J connectivity index is 2.35. The van der Waals surface area contributed by atoms with Gasteiger partial charge in [-0.2, -0.15) is 0 Å². The minimum Gasteiger partial charge on any atom is -0.478 e. The lowest BCUT2D eigenvalue weighted by Crippen LogP contribution is -2.23. The number of hydrogen-bond acceptors (Lipinski definition) is 3. The van der Waals surface area contributed by atoms with Gasteiger partial charge in [0.05, 0.1) is 5.56 Å². The summed E-state index contributed by atoms with van der Waals surface area (Å²) in [5.74, 6) is -0.388. The number of rotatable bonds is 8. The monoisotopic (exact) mass is 295 g/mol. The molecule has 4 nitrogen and oxygen atoms in total. The van der Waals surface area contributed by atoms with E-state index in [0.717, 1.165) is 23.8 Å². The van der Waals surface area contributed by atoms with Crippen LogP contribution in [-0.2, 0) is 4.79 Å². The summed E-state index contributed by atoms with van der Waals surface area (Å²) in [7, 11) is 0. The summed E-state index contributed by atoms with van der Waals surface area (Å²) < 4.78 is 0. The van der Waals surface area contributed by atoms with Crippen LogP contribution < -0.4 is 5.32 Å². The van der Waals surface area contributed by atoms with Crippen molar-refractivity contribution in [3.63, 3.8) is 0 Å². The summed E-state index contributed by atoms with van der Waals surface area (Å²) in [6.07, 6.45) is 5.85. The summed E-state index contributed by atoms with van der Waals surface area (Å²) in [6, 6.07) is 1.70. The molecule has 0 atom stereocenters. The van der Waals surface area contributed by atoms with Gasteiger partial charge in [0.2, 0.25) is 0 Å². The Hall–Kier alpha value is -1.62. The van der Waals surface area contributed by atoms with Gasteiger partial charge in [0, 0.05) is 22.9 Å². The Kier molecular flexibility index (Phi) is 7.01. The van der Waals surface area contributed by atoms with Crippen molar-refractivity contribution in [3.8, 4) is 0 Å². The maximum atomic E-state index is 11.8. The average molecular weight is 295 g/mol. The number of hydrogen-bond donors (Lipinski definition) is 2. The van der Waals surface area contributed by atoms with Gasteiger partial charge in [-0.3, -0.25) is 4.79 Å². The van der Waals surface area contributed by atoms with Gasteiger partial charge in [-0.1, -0.05) is 26.7 Å². The number of thiophene rings is 1. The molecule has 0 saturated heterocycles. The number of carbonyl (C=O) groups is 2. The molecule has 0 aliphatic carbocycles.